The lowest BCUT2D eigenvalue weighted by Crippen LogP contribution is -2.27. The zero-order valence-corrected chi connectivity index (χ0v) is 7.53. The van der Waals surface area contributed by atoms with Crippen LogP contribution in [0.2, 0.25) is 0 Å². The standard InChI is InChI=1S/C8H12N4O2/c9-6-1-2-7(12-5-6)10-3-4-11-8(13)14/h1-2,5,11H,3-4,9H2,(H,10,12)(H,13,14). The van der Waals surface area contributed by atoms with Crippen LogP contribution in [0.3, 0.4) is 0 Å². The van der Waals surface area contributed by atoms with E-state index in [-0.39, 0.29) is 0 Å². The number of rotatable bonds is 4. The molecule has 6 heteroatoms. The van der Waals surface area contributed by atoms with Gasteiger partial charge in [-0.1, -0.05) is 0 Å². The van der Waals surface area contributed by atoms with Crippen LogP contribution in [0.15, 0.2) is 18.3 Å². The van der Waals surface area contributed by atoms with Crippen LogP contribution in [0.5, 0.6) is 0 Å². The summed E-state index contributed by atoms with van der Waals surface area (Å²) in [5, 5.41) is 13.4. The molecular formula is C8H12N4O2. The molecule has 6 nitrogen and oxygen atoms in total. The van der Waals surface area contributed by atoms with Crippen molar-refractivity contribution in [3.63, 3.8) is 0 Å². The van der Waals surface area contributed by atoms with E-state index in [1.54, 1.807) is 12.1 Å². The minimum Gasteiger partial charge on any atom is -0.465 e. The molecule has 1 aromatic rings. The summed E-state index contributed by atoms with van der Waals surface area (Å²) in [6.45, 7) is 0.824. The maximum Gasteiger partial charge on any atom is 0.404 e. The number of hydrogen-bond donors (Lipinski definition) is 4. The second kappa shape index (κ2) is 4.90. The van der Waals surface area contributed by atoms with Crippen LogP contribution in [-0.4, -0.2) is 29.3 Å². The Hall–Kier alpha value is -1.98. The molecule has 0 aliphatic heterocycles. The highest BCUT2D eigenvalue weighted by Crippen LogP contribution is 2.04. The molecule has 1 amide bonds. The number of hydrogen-bond acceptors (Lipinski definition) is 4. The average molecular weight is 196 g/mol. The summed E-state index contributed by atoms with van der Waals surface area (Å²) in [6.07, 6.45) is 0.504. The minimum atomic E-state index is -1.03. The highest BCUT2D eigenvalue weighted by Gasteiger charge is 1.94. The van der Waals surface area contributed by atoms with Crippen LogP contribution in [0.4, 0.5) is 16.3 Å². The first-order valence-corrected chi connectivity index (χ1v) is 4.10. The van der Waals surface area contributed by atoms with Gasteiger partial charge in [0.25, 0.3) is 0 Å². The molecule has 0 fully saturated rings. The average Bonchev–Trinajstić information content (AvgIpc) is 2.15. The van der Waals surface area contributed by atoms with E-state index >= 15 is 0 Å². The molecule has 0 atom stereocenters. The van der Waals surface area contributed by atoms with E-state index in [4.69, 9.17) is 10.8 Å². The highest BCUT2D eigenvalue weighted by molar-refractivity contribution is 5.64. The van der Waals surface area contributed by atoms with Gasteiger partial charge in [0.05, 0.1) is 11.9 Å². The van der Waals surface area contributed by atoms with E-state index in [9.17, 15) is 4.79 Å². The van der Waals surface area contributed by atoms with Crippen molar-refractivity contribution in [3.8, 4) is 0 Å². The summed E-state index contributed by atoms with van der Waals surface area (Å²) in [6, 6.07) is 3.45. The molecule has 0 saturated carbocycles. The van der Waals surface area contributed by atoms with Crippen LogP contribution in [0.25, 0.3) is 0 Å². The molecule has 1 aromatic heterocycles. The number of nitrogen functional groups attached to an aromatic ring is 1. The Balaban J connectivity index is 2.25. The van der Waals surface area contributed by atoms with Gasteiger partial charge in [0.15, 0.2) is 0 Å². The van der Waals surface area contributed by atoms with Crippen molar-refractivity contribution in [2.45, 2.75) is 0 Å². The lowest BCUT2D eigenvalue weighted by molar-refractivity contribution is 0.195. The van der Waals surface area contributed by atoms with Crippen LogP contribution in [0.1, 0.15) is 0 Å². The third-order valence-electron chi connectivity index (χ3n) is 1.49. The second-order valence-corrected chi connectivity index (χ2v) is 2.64. The largest absolute Gasteiger partial charge is 0.465 e. The molecule has 1 heterocycles. The summed E-state index contributed by atoms with van der Waals surface area (Å²) in [5.41, 5.74) is 6.04. The Morgan fingerprint density at radius 1 is 1.50 bits per heavy atom. The summed E-state index contributed by atoms with van der Waals surface area (Å²) in [5.74, 6) is 0.673. The predicted octanol–water partition coefficient (Wildman–Crippen LogP) is 0.343. The van der Waals surface area contributed by atoms with E-state index in [1.165, 1.54) is 6.20 Å². The Kier molecular flexibility index (Phi) is 3.54. The Bertz CT molecular complexity index is 299. The fraction of sp³-hybridized carbons (Fsp3) is 0.250. The Labute approximate surface area is 81.1 Å². The molecule has 0 aliphatic rings. The van der Waals surface area contributed by atoms with Gasteiger partial charge in [-0.15, -0.1) is 0 Å². The second-order valence-electron chi connectivity index (χ2n) is 2.64. The molecule has 0 spiro atoms. The molecule has 0 aromatic carbocycles. The molecule has 14 heavy (non-hydrogen) atoms. The maximum atomic E-state index is 10.1. The van der Waals surface area contributed by atoms with Crippen LogP contribution < -0.4 is 16.4 Å². The van der Waals surface area contributed by atoms with Crippen molar-refractivity contribution < 1.29 is 9.90 Å². The summed E-state index contributed by atoms with van der Waals surface area (Å²) in [7, 11) is 0. The van der Waals surface area contributed by atoms with Crippen molar-refractivity contribution in [2.24, 2.45) is 0 Å². The first kappa shape index (κ1) is 10.1. The molecule has 0 bridgehead atoms. The monoisotopic (exact) mass is 196 g/mol. The number of anilines is 2. The number of amides is 1. The lowest BCUT2D eigenvalue weighted by atomic mass is 10.4. The van der Waals surface area contributed by atoms with Gasteiger partial charge in [-0.05, 0) is 12.1 Å². The van der Waals surface area contributed by atoms with Crippen molar-refractivity contribution in [3.05, 3.63) is 18.3 Å². The van der Waals surface area contributed by atoms with Gasteiger partial charge >= 0.3 is 6.09 Å². The van der Waals surface area contributed by atoms with Crippen molar-refractivity contribution in [2.75, 3.05) is 24.1 Å². The SMILES string of the molecule is Nc1ccc(NCCNC(=O)O)nc1. The van der Waals surface area contributed by atoms with E-state index in [0.717, 1.165) is 0 Å². The Morgan fingerprint density at radius 2 is 2.29 bits per heavy atom. The molecule has 0 unspecified atom stereocenters. The first-order valence-electron chi connectivity index (χ1n) is 4.10. The lowest BCUT2D eigenvalue weighted by Gasteiger charge is -2.04. The number of nitrogens with one attached hydrogen (secondary N) is 2. The molecule has 1 rings (SSSR count). The van der Waals surface area contributed by atoms with Gasteiger partial charge in [0.1, 0.15) is 5.82 Å². The maximum absolute atomic E-state index is 10.1. The zero-order chi connectivity index (χ0) is 10.4. The summed E-state index contributed by atoms with van der Waals surface area (Å²) < 4.78 is 0. The predicted molar refractivity (Wildman–Crippen MR) is 53.2 cm³/mol. The highest BCUT2D eigenvalue weighted by atomic mass is 16.4. The minimum absolute atomic E-state index is 0.335. The van der Waals surface area contributed by atoms with Gasteiger partial charge in [-0.3, -0.25) is 0 Å². The molecule has 0 saturated heterocycles. The van der Waals surface area contributed by atoms with E-state index in [2.05, 4.69) is 15.6 Å². The smallest absolute Gasteiger partial charge is 0.404 e. The van der Waals surface area contributed by atoms with Gasteiger partial charge in [0.2, 0.25) is 0 Å². The topological polar surface area (TPSA) is 100 Å². The Morgan fingerprint density at radius 3 is 2.86 bits per heavy atom. The number of pyridine rings is 1. The molecule has 76 valence electrons. The van der Waals surface area contributed by atoms with Gasteiger partial charge in [-0.25, -0.2) is 9.78 Å². The fourth-order valence-electron chi connectivity index (χ4n) is 0.870. The number of nitrogens with zero attached hydrogens (tertiary/aromatic N) is 1. The van der Waals surface area contributed by atoms with E-state index in [1.807, 2.05) is 0 Å². The fourth-order valence-corrected chi connectivity index (χ4v) is 0.870. The van der Waals surface area contributed by atoms with Crippen LogP contribution in [-0.2, 0) is 0 Å². The van der Waals surface area contributed by atoms with Gasteiger partial charge in [-0.2, -0.15) is 0 Å². The van der Waals surface area contributed by atoms with Crippen LogP contribution in [0, 0.1) is 0 Å². The normalized spacial score (nSPS) is 9.43. The van der Waals surface area contributed by atoms with E-state index < -0.39 is 6.09 Å². The summed E-state index contributed by atoms with van der Waals surface area (Å²) >= 11 is 0. The van der Waals surface area contributed by atoms with Gasteiger partial charge in [0, 0.05) is 13.1 Å². The third-order valence-corrected chi connectivity index (χ3v) is 1.49. The summed E-state index contributed by atoms with van der Waals surface area (Å²) in [4.78, 5) is 14.1. The number of carboxylic acid groups (broad SMARTS) is 1. The number of aromatic nitrogens is 1. The molecule has 0 aliphatic carbocycles. The molecule has 5 N–H and O–H groups in total. The quantitative estimate of drug-likeness (QED) is 0.520. The van der Waals surface area contributed by atoms with Crippen molar-refractivity contribution >= 4 is 17.6 Å². The van der Waals surface area contributed by atoms with Crippen molar-refractivity contribution in [1.29, 1.82) is 0 Å². The molecular weight excluding hydrogens is 184 g/mol. The van der Waals surface area contributed by atoms with E-state index in [0.29, 0.717) is 24.6 Å². The third kappa shape index (κ3) is 3.61. The zero-order valence-electron chi connectivity index (χ0n) is 7.53. The van der Waals surface area contributed by atoms with Crippen molar-refractivity contribution in [1.82, 2.24) is 10.3 Å². The number of carbonyl (C=O) groups is 1. The first-order chi connectivity index (χ1) is 6.68. The number of nitrogens with two attached hydrogens (primary N) is 1. The van der Waals surface area contributed by atoms with Gasteiger partial charge < -0.3 is 21.5 Å². The van der Waals surface area contributed by atoms with Crippen LogP contribution >= 0.6 is 0 Å². The molecule has 0 radical (unpaired) electrons.